The van der Waals surface area contributed by atoms with E-state index in [4.69, 9.17) is 0 Å². The Morgan fingerprint density at radius 3 is 2.30 bits per heavy atom. The van der Waals surface area contributed by atoms with Gasteiger partial charge in [-0.15, -0.1) is 0 Å². The molecule has 8 heteroatoms. The predicted molar refractivity (Wildman–Crippen MR) is 90.4 cm³/mol. The second kappa shape index (κ2) is 6.46. The van der Waals surface area contributed by atoms with Crippen molar-refractivity contribution in [1.82, 2.24) is 4.57 Å². The molecule has 1 aromatic heterocycles. The van der Waals surface area contributed by atoms with E-state index in [1.807, 2.05) is 0 Å². The summed E-state index contributed by atoms with van der Waals surface area (Å²) >= 11 is 0. The van der Waals surface area contributed by atoms with E-state index in [-0.39, 0.29) is 27.7 Å². The van der Waals surface area contributed by atoms with Crippen LogP contribution < -0.4 is 0 Å². The third-order valence-electron chi connectivity index (χ3n) is 4.49. The number of carboxylic acids is 1. The fourth-order valence-electron chi connectivity index (χ4n) is 3.14. The van der Waals surface area contributed by atoms with Gasteiger partial charge in [0.05, 0.1) is 11.4 Å². The molecular weight excluding hydrogens is 363 g/mol. The fourth-order valence-corrected chi connectivity index (χ4v) is 3.14. The number of carboxylic acid groups (broad SMARTS) is 1. The first-order valence-corrected chi connectivity index (χ1v) is 7.89. The van der Waals surface area contributed by atoms with Crippen LogP contribution in [0, 0.1) is 24.4 Å². The molecule has 0 bridgehead atoms. The summed E-state index contributed by atoms with van der Waals surface area (Å²) in [6.07, 6.45) is 0. The van der Waals surface area contributed by atoms with Crippen molar-refractivity contribution in [2.24, 2.45) is 0 Å². The minimum absolute atomic E-state index is 0.0145. The third kappa shape index (κ3) is 2.92. The molecule has 3 rings (SSSR count). The molecule has 0 saturated heterocycles. The number of carbonyl (C=O) groups is 2. The molecule has 1 heterocycles. The molecule has 2 N–H and O–H groups in total. The topological polar surface area (TPSA) is 79.5 Å². The van der Waals surface area contributed by atoms with Gasteiger partial charge in [0.15, 0.2) is 23.2 Å². The van der Waals surface area contributed by atoms with E-state index in [0.717, 1.165) is 28.8 Å². The number of phenolic OH excluding ortho intramolecular Hbond substituents is 1. The van der Waals surface area contributed by atoms with Gasteiger partial charge >= 0.3 is 5.97 Å². The number of carbonyl (C=O) groups excluding carboxylic acids is 1. The lowest BCUT2D eigenvalue weighted by molar-refractivity contribution is -0.138. The summed E-state index contributed by atoms with van der Waals surface area (Å²) in [4.78, 5) is 24.3. The van der Waals surface area contributed by atoms with E-state index >= 15 is 0 Å². The van der Waals surface area contributed by atoms with Crippen molar-refractivity contribution in [3.8, 4) is 5.75 Å². The summed E-state index contributed by atoms with van der Waals surface area (Å²) in [7, 11) is 0. The van der Waals surface area contributed by atoms with Gasteiger partial charge in [0.1, 0.15) is 0 Å². The van der Waals surface area contributed by atoms with Crippen LogP contribution in [0.1, 0.15) is 34.5 Å². The first kappa shape index (κ1) is 18.5. The number of phenols is 1. The van der Waals surface area contributed by atoms with Crippen molar-refractivity contribution >= 4 is 22.8 Å². The Morgan fingerprint density at radius 2 is 1.70 bits per heavy atom. The normalized spacial score (nSPS) is 12.3. The highest BCUT2D eigenvalue weighted by Gasteiger charge is 2.27. The number of halogens is 3. The number of aromatic hydroxyl groups is 1. The quantitative estimate of drug-likeness (QED) is 0.724. The molecule has 0 radical (unpaired) electrons. The number of nitrogens with zero attached hydrogens (tertiary/aromatic N) is 1. The van der Waals surface area contributed by atoms with Crippen molar-refractivity contribution in [3.63, 3.8) is 0 Å². The molecule has 27 heavy (non-hydrogen) atoms. The maximum atomic E-state index is 13.9. The average Bonchev–Trinajstić information content (AvgIpc) is 2.87. The molecule has 0 fully saturated rings. The van der Waals surface area contributed by atoms with Crippen molar-refractivity contribution in [2.75, 3.05) is 0 Å². The molecule has 140 valence electrons. The highest BCUT2D eigenvalue weighted by Crippen LogP contribution is 2.36. The van der Waals surface area contributed by atoms with Gasteiger partial charge in [0.25, 0.3) is 5.91 Å². The SMILES string of the molecule is Cc1c([C@@H](C)C(=O)O)c2cc(O)c(F)cc2n1C(=O)c1ccc(F)c(F)c1. The first-order valence-electron chi connectivity index (χ1n) is 7.89. The summed E-state index contributed by atoms with van der Waals surface area (Å²) in [5, 5.41) is 19.2. The largest absolute Gasteiger partial charge is 0.505 e. The molecule has 0 aliphatic rings. The zero-order chi connectivity index (χ0) is 20.0. The number of aliphatic carboxylic acids is 1. The maximum Gasteiger partial charge on any atom is 0.310 e. The minimum atomic E-state index is -1.22. The Labute approximate surface area is 151 Å². The number of fused-ring (bicyclic) bond motifs is 1. The van der Waals surface area contributed by atoms with E-state index in [9.17, 15) is 33.0 Å². The van der Waals surface area contributed by atoms with Gasteiger partial charge in [-0.3, -0.25) is 14.2 Å². The van der Waals surface area contributed by atoms with Crippen LogP contribution in [0.5, 0.6) is 5.75 Å². The number of hydrogen-bond donors (Lipinski definition) is 2. The zero-order valence-corrected chi connectivity index (χ0v) is 14.3. The zero-order valence-electron chi connectivity index (χ0n) is 14.3. The highest BCUT2D eigenvalue weighted by molar-refractivity contribution is 6.05. The smallest absolute Gasteiger partial charge is 0.310 e. The first-order chi connectivity index (χ1) is 12.6. The highest BCUT2D eigenvalue weighted by atomic mass is 19.2. The number of rotatable bonds is 3. The van der Waals surface area contributed by atoms with E-state index < -0.39 is 41.0 Å². The standard InChI is InChI=1S/C19H14F3NO4/c1-8(19(26)27)17-9(2)23(15-7-14(22)16(24)6-11(15)17)18(25)10-3-4-12(20)13(21)5-10/h3-8,24H,1-2H3,(H,26,27)/t8-/m1/s1. The summed E-state index contributed by atoms with van der Waals surface area (Å²) in [6.45, 7) is 2.85. The maximum absolute atomic E-state index is 13.9. The fraction of sp³-hybridized carbons (Fsp3) is 0.158. The van der Waals surface area contributed by atoms with Gasteiger partial charge in [-0.1, -0.05) is 0 Å². The Bertz CT molecular complexity index is 1100. The molecule has 0 aliphatic heterocycles. The predicted octanol–water partition coefficient (Wildman–Crippen LogP) is 3.95. The molecule has 0 amide bonds. The number of aromatic nitrogens is 1. The molecule has 2 aromatic carbocycles. The number of hydrogen-bond acceptors (Lipinski definition) is 3. The Kier molecular flexibility index (Phi) is 4.43. The van der Waals surface area contributed by atoms with Crippen LogP contribution in [-0.4, -0.2) is 26.7 Å². The number of benzene rings is 2. The Balaban J connectivity index is 2.33. The van der Waals surface area contributed by atoms with Crippen molar-refractivity contribution < 1.29 is 33.0 Å². The van der Waals surface area contributed by atoms with Gasteiger partial charge < -0.3 is 10.2 Å². The molecule has 0 spiro atoms. The van der Waals surface area contributed by atoms with Crippen LogP contribution >= 0.6 is 0 Å². The molecule has 5 nitrogen and oxygen atoms in total. The van der Waals surface area contributed by atoms with Crippen molar-refractivity contribution in [1.29, 1.82) is 0 Å². The second-order valence-electron chi connectivity index (χ2n) is 6.15. The van der Waals surface area contributed by atoms with Gasteiger partial charge in [0.2, 0.25) is 0 Å². The van der Waals surface area contributed by atoms with Crippen LogP contribution in [0.25, 0.3) is 10.9 Å². The van der Waals surface area contributed by atoms with Crippen molar-refractivity contribution in [3.05, 3.63) is 64.6 Å². The monoisotopic (exact) mass is 377 g/mol. The van der Waals surface area contributed by atoms with Gasteiger partial charge in [-0.05, 0) is 43.7 Å². The van der Waals surface area contributed by atoms with Crippen LogP contribution in [0.2, 0.25) is 0 Å². The molecule has 0 unspecified atom stereocenters. The molecule has 0 saturated carbocycles. The van der Waals surface area contributed by atoms with Gasteiger partial charge in [-0.25, -0.2) is 13.2 Å². The minimum Gasteiger partial charge on any atom is -0.505 e. The van der Waals surface area contributed by atoms with Crippen LogP contribution in [-0.2, 0) is 4.79 Å². The second-order valence-corrected chi connectivity index (χ2v) is 6.15. The van der Waals surface area contributed by atoms with E-state index in [1.165, 1.54) is 13.8 Å². The van der Waals surface area contributed by atoms with Crippen LogP contribution in [0.15, 0.2) is 30.3 Å². The van der Waals surface area contributed by atoms with Gasteiger partial charge in [-0.2, -0.15) is 0 Å². The lowest BCUT2D eigenvalue weighted by Crippen LogP contribution is -2.15. The van der Waals surface area contributed by atoms with E-state index in [0.29, 0.717) is 6.07 Å². The summed E-state index contributed by atoms with van der Waals surface area (Å²) < 4.78 is 41.6. The Morgan fingerprint density at radius 1 is 1.04 bits per heavy atom. The molecular formula is C19H14F3NO4. The lowest BCUT2D eigenvalue weighted by Gasteiger charge is -2.09. The van der Waals surface area contributed by atoms with Crippen LogP contribution in [0.3, 0.4) is 0 Å². The molecule has 0 aliphatic carbocycles. The van der Waals surface area contributed by atoms with E-state index in [2.05, 4.69) is 0 Å². The summed E-state index contributed by atoms with van der Waals surface area (Å²) in [5.41, 5.74) is 0.223. The summed E-state index contributed by atoms with van der Waals surface area (Å²) in [5.74, 6) is -7.08. The van der Waals surface area contributed by atoms with Crippen molar-refractivity contribution in [2.45, 2.75) is 19.8 Å². The third-order valence-corrected chi connectivity index (χ3v) is 4.49. The summed E-state index contributed by atoms with van der Waals surface area (Å²) in [6, 6.07) is 4.51. The average molecular weight is 377 g/mol. The van der Waals surface area contributed by atoms with Crippen LogP contribution in [0.4, 0.5) is 13.2 Å². The molecule has 3 aromatic rings. The lowest BCUT2D eigenvalue weighted by atomic mass is 9.98. The molecule has 1 atom stereocenters. The van der Waals surface area contributed by atoms with E-state index in [1.54, 1.807) is 0 Å². The van der Waals surface area contributed by atoms with Gasteiger partial charge in [0, 0.05) is 22.7 Å². The Hall–Kier alpha value is -3.29.